The van der Waals surface area contributed by atoms with Gasteiger partial charge in [0.25, 0.3) is 5.56 Å². The first-order valence-corrected chi connectivity index (χ1v) is 4.17. The third-order valence-corrected chi connectivity index (χ3v) is 1.51. The average molecular weight is 198 g/mol. The second-order valence-electron chi connectivity index (χ2n) is 3.12. The van der Waals surface area contributed by atoms with Gasteiger partial charge in [-0.1, -0.05) is 0 Å². The molecule has 78 valence electrons. The summed E-state index contributed by atoms with van der Waals surface area (Å²) in [5.74, 6) is 5.59. The average Bonchev–Trinajstić information content (AvgIpc) is 2.01. The second kappa shape index (κ2) is 3.97. The highest BCUT2D eigenvalue weighted by Crippen LogP contribution is 2.13. The zero-order valence-corrected chi connectivity index (χ0v) is 8.09. The molecule has 0 saturated heterocycles. The number of aromatic amines is 1. The van der Waals surface area contributed by atoms with E-state index in [-0.39, 0.29) is 17.7 Å². The second-order valence-corrected chi connectivity index (χ2v) is 3.12. The lowest BCUT2D eigenvalue weighted by atomic mass is 10.3. The zero-order chi connectivity index (χ0) is 10.7. The van der Waals surface area contributed by atoms with Crippen molar-refractivity contribution in [2.45, 2.75) is 19.9 Å². The zero-order valence-electron chi connectivity index (χ0n) is 8.09. The first kappa shape index (κ1) is 10.3. The Morgan fingerprint density at radius 2 is 2.14 bits per heavy atom. The first-order valence-electron chi connectivity index (χ1n) is 4.17. The van der Waals surface area contributed by atoms with Crippen LogP contribution < -0.4 is 27.9 Å². The van der Waals surface area contributed by atoms with Crippen molar-refractivity contribution in [3.05, 3.63) is 10.4 Å². The molecule has 0 radical (unpaired) electrons. The quantitative estimate of drug-likeness (QED) is 0.328. The van der Waals surface area contributed by atoms with Gasteiger partial charge in [0.05, 0.1) is 0 Å². The number of nitrogens with zero attached hydrogens (tertiary/aromatic N) is 1. The van der Waals surface area contributed by atoms with Crippen LogP contribution in [0.15, 0.2) is 4.79 Å². The number of aromatic nitrogens is 2. The van der Waals surface area contributed by atoms with Crippen LogP contribution in [0, 0.1) is 0 Å². The van der Waals surface area contributed by atoms with Gasteiger partial charge in [0, 0.05) is 6.04 Å². The lowest BCUT2D eigenvalue weighted by Crippen LogP contribution is -2.25. The van der Waals surface area contributed by atoms with E-state index in [1.165, 1.54) is 0 Å². The van der Waals surface area contributed by atoms with Gasteiger partial charge in [0.1, 0.15) is 0 Å². The summed E-state index contributed by atoms with van der Waals surface area (Å²) in [6, 6.07) is 0.135. The van der Waals surface area contributed by atoms with E-state index in [1.54, 1.807) is 0 Å². The molecule has 0 bridgehead atoms. The van der Waals surface area contributed by atoms with Crippen LogP contribution in [0.5, 0.6) is 0 Å². The lowest BCUT2D eigenvalue weighted by molar-refractivity contribution is 0.886. The Labute approximate surface area is 80.9 Å². The first-order chi connectivity index (χ1) is 6.54. The van der Waals surface area contributed by atoms with Crippen LogP contribution in [-0.2, 0) is 0 Å². The van der Waals surface area contributed by atoms with E-state index in [0.717, 1.165) is 0 Å². The molecule has 0 amide bonds. The van der Waals surface area contributed by atoms with Crippen molar-refractivity contribution >= 4 is 17.5 Å². The highest BCUT2D eigenvalue weighted by molar-refractivity contribution is 5.63. The van der Waals surface area contributed by atoms with Crippen LogP contribution in [-0.4, -0.2) is 16.0 Å². The van der Waals surface area contributed by atoms with E-state index < -0.39 is 5.56 Å². The molecule has 0 aliphatic carbocycles. The van der Waals surface area contributed by atoms with Gasteiger partial charge in [0.15, 0.2) is 11.5 Å². The largest absolute Gasteiger partial charge is 0.369 e. The summed E-state index contributed by atoms with van der Waals surface area (Å²) in [4.78, 5) is 17.6. The Kier molecular flexibility index (Phi) is 2.92. The van der Waals surface area contributed by atoms with Crippen molar-refractivity contribution in [1.29, 1.82) is 0 Å². The fourth-order valence-corrected chi connectivity index (χ4v) is 1.00. The molecule has 0 unspecified atom stereocenters. The molecule has 7 heteroatoms. The van der Waals surface area contributed by atoms with Crippen molar-refractivity contribution in [2.24, 2.45) is 5.84 Å². The van der Waals surface area contributed by atoms with Crippen molar-refractivity contribution in [1.82, 2.24) is 9.97 Å². The number of nitrogen functional groups attached to an aromatic ring is 2. The fourth-order valence-electron chi connectivity index (χ4n) is 1.00. The summed E-state index contributed by atoms with van der Waals surface area (Å²) in [5.41, 5.74) is 7.43. The van der Waals surface area contributed by atoms with Crippen LogP contribution in [0.25, 0.3) is 0 Å². The Morgan fingerprint density at radius 3 is 2.64 bits per heavy atom. The van der Waals surface area contributed by atoms with E-state index in [4.69, 9.17) is 11.6 Å². The summed E-state index contributed by atoms with van der Waals surface area (Å²) in [6.45, 7) is 3.83. The number of hydrazine groups is 1. The van der Waals surface area contributed by atoms with Crippen LogP contribution in [0.1, 0.15) is 13.8 Å². The summed E-state index contributed by atoms with van der Waals surface area (Å²) in [5, 5.41) is 2.95. The molecular weight excluding hydrogens is 184 g/mol. The van der Waals surface area contributed by atoms with Gasteiger partial charge < -0.3 is 16.5 Å². The molecule has 0 fully saturated rings. The molecule has 0 spiro atoms. The summed E-state index contributed by atoms with van der Waals surface area (Å²) in [7, 11) is 0. The Morgan fingerprint density at radius 1 is 1.50 bits per heavy atom. The monoisotopic (exact) mass is 198 g/mol. The molecule has 7 nitrogen and oxygen atoms in total. The van der Waals surface area contributed by atoms with E-state index in [9.17, 15) is 4.79 Å². The smallest absolute Gasteiger partial charge is 0.279 e. The molecule has 0 aliphatic rings. The van der Waals surface area contributed by atoms with Crippen LogP contribution in [0.4, 0.5) is 17.5 Å². The molecule has 7 N–H and O–H groups in total. The van der Waals surface area contributed by atoms with Crippen LogP contribution in [0.2, 0.25) is 0 Å². The van der Waals surface area contributed by atoms with Gasteiger partial charge in [-0.15, -0.1) is 0 Å². The standard InChI is InChI=1S/C7H14N6O/c1-3(2)10-5-4(13-9)6(14)12-7(8)11-5/h3,13H,9H2,1-2H3,(H4,8,10,11,12,14). The molecule has 1 rings (SSSR count). The van der Waals surface area contributed by atoms with Gasteiger partial charge in [0.2, 0.25) is 5.95 Å². The number of rotatable bonds is 3. The predicted octanol–water partition coefficient (Wildman–Crippen LogP) is -0.542. The fraction of sp³-hybridized carbons (Fsp3) is 0.429. The minimum absolute atomic E-state index is 0.0529. The molecule has 0 aliphatic heterocycles. The molecule has 1 aromatic heterocycles. The van der Waals surface area contributed by atoms with Crippen molar-refractivity contribution < 1.29 is 0 Å². The van der Waals surface area contributed by atoms with E-state index in [2.05, 4.69) is 20.7 Å². The number of H-pyrrole nitrogens is 1. The number of nitrogens with one attached hydrogen (secondary N) is 3. The maximum Gasteiger partial charge on any atom is 0.279 e. The van der Waals surface area contributed by atoms with E-state index in [1.807, 2.05) is 13.8 Å². The number of nitrogens with two attached hydrogens (primary N) is 2. The van der Waals surface area contributed by atoms with Crippen LogP contribution >= 0.6 is 0 Å². The van der Waals surface area contributed by atoms with Gasteiger partial charge in [-0.3, -0.25) is 15.6 Å². The van der Waals surface area contributed by atoms with Gasteiger partial charge in [-0.25, -0.2) is 0 Å². The third kappa shape index (κ3) is 2.13. The Bertz CT molecular complexity index is 371. The molecule has 1 heterocycles. The predicted molar refractivity (Wildman–Crippen MR) is 55.8 cm³/mol. The molecule has 0 aromatic carbocycles. The van der Waals surface area contributed by atoms with E-state index in [0.29, 0.717) is 5.82 Å². The normalized spacial score (nSPS) is 10.3. The Hall–Kier alpha value is -1.76. The van der Waals surface area contributed by atoms with Crippen molar-refractivity contribution in [2.75, 3.05) is 16.5 Å². The highest BCUT2D eigenvalue weighted by Gasteiger charge is 2.09. The maximum absolute atomic E-state index is 11.3. The summed E-state index contributed by atoms with van der Waals surface area (Å²) in [6.07, 6.45) is 0. The molecule has 0 atom stereocenters. The number of anilines is 3. The minimum Gasteiger partial charge on any atom is -0.369 e. The lowest BCUT2D eigenvalue weighted by Gasteiger charge is -2.12. The van der Waals surface area contributed by atoms with Gasteiger partial charge in [-0.05, 0) is 13.8 Å². The SMILES string of the molecule is CC(C)Nc1nc(N)[nH]c(=O)c1NN. The van der Waals surface area contributed by atoms with Gasteiger partial charge >= 0.3 is 0 Å². The van der Waals surface area contributed by atoms with Crippen LogP contribution in [0.3, 0.4) is 0 Å². The van der Waals surface area contributed by atoms with Crippen molar-refractivity contribution in [3.8, 4) is 0 Å². The molecule has 0 saturated carbocycles. The number of hydrogen-bond acceptors (Lipinski definition) is 6. The summed E-state index contributed by atoms with van der Waals surface area (Å²) < 4.78 is 0. The topological polar surface area (TPSA) is 122 Å². The highest BCUT2D eigenvalue weighted by atomic mass is 16.1. The summed E-state index contributed by atoms with van der Waals surface area (Å²) >= 11 is 0. The molecule has 14 heavy (non-hydrogen) atoms. The minimum atomic E-state index is -0.400. The number of hydrogen-bond donors (Lipinski definition) is 5. The van der Waals surface area contributed by atoms with Crippen molar-refractivity contribution in [3.63, 3.8) is 0 Å². The van der Waals surface area contributed by atoms with Gasteiger partial charge in [-0.2, -0.15) is 4.98 Å². The third-order valence-electron chi connectivity index (χ3n) is 1.51. The van der Waals surface area contributed by atoms with E-state index >= 15 is 0 Å². The molecule has 1 aromatic rings. The Balaban J connectivity index is 3.18. The maximum atomic E-state index is 11.3. The molecular formula is C7H14N6O.